The molecule has 1 heterocycles. The molecular weight excluding hydrogens is 432 g/mol. The molecule has 0 aromatic heterocycles. The number of aryl methyl sites for hydroxylation is 3. The maximum atomic E-state index is 12.6. The quantitative estimate of drug-likeness (QED) is 0.282. The van der Waals surface area contributed by atoms with Gasteiger partial charge in [0.05, 0.1) is 15.0 Å². The van der Waals surface area contributed by atoms with Gasteiger partial charge in [-0.3, -0.25) is 4.79 Å². The molecule has 0 bridgehead atoms. The molecule has 1 atom stereocenters. The Morgan fingerprint density at radius 3 is 2.19 bits per heavy atom. The van der Waals surface area contributed by atoms with Crippen LogP contribution in [0.15, 0.2) is 77.7 Å². The van der Waals surface area contributed by atoms with Crippen molar-refractivity contribution in [1.82, 2.24) is 0 Å². The summed E-state index contributed by atoms with van der Waals surface area (Å²) in [6.45, 7) is 4.44. The lowest BCUT2D eigenvalue weighted by molar-refractivity contribution is -0.115. The average Bonchev–Trinajstić information content (AvgIpc) is 3.06. The molecule has 1 fully saturated rings. The van der Waals surface area contributed by atoms with Gasteiger partial charge in [0, 0.05) is 5.56 Å². The Labute approximate surface area is 199 Å². The highest BCUT2D eigenvalue weighted by Gasteiger charge is 2.31. The number of ketones is 1. The van der Waals surface area contributed by atoms with Crippen molar-refractivity contribution in [3.8, 4) is 5.75 Å². The standard InChI is InChI=1S/C28H26O2S2/c1-19-15-23(14-13-21-9-5-3-6-10-21)16-25(30-18-22-11-7-4-8-12-22)24(19)17-26-27(29)20(2)28(31)32-26/h3-12,15-17,20H,13-14,18H2,1-2H3/b26-17-. The number of rotatable bonds is 7. The number of ether oxygens (including phenoxy) is 1. The fraction of sp³-hybridized carbons (Fsp3) is 0.214. The maximum Gasteiger partial charge on any atom is 0.178 e. The maximum absolute atomic E-state index is 12.6. The van der Waals surface area contributed by atoms with E-state index in [1.165, 1.54) is 22.9 Å². The van der Waals surface area contributed by atoms with Crippen LogP contribution in [-0.2, 0) is 24.2 Å². The Morgan fingerprint density at radius 1 is 0.938 bits per heavy atom. The Morgan fingerprint density at radius 2 is 1.56 bits per heavy atom. The summed E-state index contributed by atoms with van der Waals surface area (Å²) in [5.74, 6) is 0.699. The first kappa shape index (κ1) is 22.5. The van der Waals surface area contributed by atoms with E-state index in [0.29, 0.717) is 11.5 Å². The molecule has 0 saturated carbocycles. The van der Waals surface area contributed by atoms with E-state index in [2.05, 4.69) is 55.5 Å². The second-order valence-electron chi connectivity index (χ2n) is 8.10. The van der Waals surface area contributed by atoms with Gasteiger partial charge in [-0.15, -0.1) is 0 Å². The molecule has 0 radical (unpaired) electrons. The summed E-state index contributed by atoms with van der Waals surface area (Å²) in [6.07, 6.45) is 3.86. The summed E-state index contributed by atoms with van der Waals surface area (Å²) in [5.41, 5.74) is 5.71. The predicted molar refractivity (Wildman–Crippen MR) is 138 cm³/mol. The summed E-state index contributed by atoms with van der Waals surface area (Å²) < 4.78 is 7.04. The van der Waals surface area contributed by atoms with Crippen molar-refractivity contribution < 1.29 is 9.53 Å². The molecule has 32 heavy (non-hydrogen) atoms. The largest absolute Gasteiger partial charge is 0.488 e. The summed E-state index contributed by atoms with van der Waals surface area (Å²) in [5, 5.41) is 0. The van der Waals surface area contributed by atoms with E-state index in [4.69, 9.17) is 17.0 Å². The number of thioether (sulfide) groups is 1. The van der Waals surface area contributed by atoms with Crippen molar-refractivity contribution in [2.75, 3.05) is 0 Å². The van der Waals surface area contributed by atoms with Crippen LogP contribution in [0.3, 0.4) is 0 Å². The monoisotopic (exact) mass is 458 g/mol. The van der Waals surface area contributed by atoms with Crippen LogP contribution in [0.1, 0.15) is 34.7 Å². The third-order valence-corrected chi connectivity index (χ3v) is 7.36. The topological polar surface area (TPSA) is 26.3 Å². The van der Waals surface area contributed by atoms with E-state index < -0.39 is 0 Å². The molecule has 2 nitrogen and oxygen atoms in total. The highest BCUT2D eigenvalue weighted by Crippen LogP contribution is 2.38. The molecule has 1 aliphatic heterocycles. The highest BCUT2D eigenvalue weighted by atomic mass is 32.2. The number of carbonyl (C=O) groups is 1. The third kappa shape index (κ3) is 5.37. The smallest absolute Gasteiger partial charge is 0.178 e. The second kappa shape index (κ2) is 10.3. The Kier molecular flexibility index (Phi) is 7.23. The van der Waals surface area contributed by atoms with Gasteiger partial charge in [0.15, 0.2) is 5.78 Å². The molecule has 0 amide bonds. The highest BCUT2D eigenvalue weighted by molar-refractivity contribution is 8.27. The van der Waals surface area contributed by atoms with E-state index in [9.17, 15) is 4.79 Å². The zero-order valence-electron chi connectivity index (χ0n) is 18.3. The zero-order valence-corrected chi connectivity index (χ0v) is 20.0. The molecule has 3 aromatic rings. The Balaban J connectivity index is 1.64. The van der Waals surface area contributed by atoms with Crippen molar-refractivity contribution in [1.29, 1.82) is 0 Å². The number of hydrogen-bond acceptors (Lipinski definition) is 4. The third-order valence-electron chi connectivity index (χ3n) is 5.67. The SMILES string of the molecule is Cc1cc(CCc2ccccc2)cc(OCc2ccccc2)c1/C=C1\SC(=S)C(C)C1=O. The molecule has 4 heteroatoms. The van der Waals surface area contributed by atoms with Crippen molar-refractivity contribution in [2.45, 2.75) is 33.3 Å². The van der Waals surface area contributed by atoms with Crippen molar-refractivity contribution in [3.63, 3.8) is 0 Å². The van der Waals surface area contributed by atoms with Crippen LogP contribution in [0.25, 0.3) is 6.08 Å². The zero-order chi connectivity index (χ0) is 22.5. The molecule has 162 valence electrons. The lowest BCUT2D eigenvalue weighted by Gasteiger charge is -2.15. The van der Waals surface area contributed by atoms with Crippen LogP contribution in [0, 0.1) is 12.8 Å². The van der Waals surface area contributed by atoms with Crippen LogP contribution in [-0.4, -0.2) is 9.98 Å². The molecule has 1 aliphatic rings. The van der Waals surface area contributed by atoms with E-state index in [0.717, 1.165) is 39.5 Å². The molecule has 3 aromatic carbocycles. The van der Waals surface area contributed by atoms with E-state index in [1.807, 2.05) is 37.3 Å². The summed E-state index contributed by atoms with van der Waals surface area (Å²) in [7, 11) is 0. The van der Waals surface area contributed by atoms with Gasteiger partial charge in [0.1, 0.15) is 12.4 Å². The molecule has 0 aliphatic carbocycles. The fourth-order valence-corrected chi connectivity index (χ4v) is 5.09. The van der Waals surface area contributed by atoms with Crippen LogP contribution >= 0.6 is 24.0 Å². The normalized spacial score (nSPS) is 17.2. The summed E-state index contributed by atoms with van der Waals surface area (Å²) >= 11 is 6.77. The number of benzene rings is 3. The number of hydrogen-bond donors (Lipinski definition) is 0. The Hall–Kier alpha value is -2.69. The molecule has 1 saturated heterocycles. The van der Waals surface area contributed by atoms with Gasteiger partial charge in [0.25, 0.3) is 0 Å². The number of Topliss-reactive ketones (excluding diaryl/α,β-unsaturated/α-hetero) is 1. The van der Waals surface area contributed by atoms with Gasteiger partial charge in [-0.2, -0.15) is 0 Å². The van der Waals surface area contributed by atoms with E-state index in [1.54, 1.807) is 0 Å². The van der Waals surface area contributed by atoms with Crippen LogP contribution in [0.2, 0.25) is 0 Å². The van der Waals surface area contributed by atoms with Gasteiger partial charge in [-0.1, -0.05) is 90.7 Å². The number of allylic oxidation sites excluding steroid dienone is 1. The minimum atomic E-state index is -0.208. The van der Waals surface area contributed by atoms with Crippen molar-refractivity contribution in [3.05, 3.63) is 106 Å². The van der Waals surface area contributed by atoms with Crippen LogP contribution in [0.4, 0.5) is 0 Å². The lowest BCUT2D eigenvalue weighted by Crippen LogP contribution is -2.07. The van der Waals surface area contributed by atoms with Crippen LogP contribution in [0.5, 0.6) is 5.75 Å². The summed E-state index contributed by atoms with van der Waals surface area (Å²) in [4.78, 5) is 13.3. The molecule has 0 spiro atoms. The molecule has 1 unspecified atom stereocenters. The van der Waals surface area contributed by atoms with Gasteiger partial charge < -0.3 is 4.74 Å². The van der Waals surface area contributed by atoms with Crippen molar-refractivity contribution in [2.24, 2.45) is 5.92 Å². The Bertz CT molecular complexity index is 1150. The van der Waals surface area contributed by atoms with Gasteiger partial charge in [0.2, 0.25) is 0 Å². The fourth-order valence-electron chi connectivity index (χ4n) is 3.75. The van der Waals surface area contributed by atoms with E-state index >= 15 is 0 Å². The average molecular weight is 459 g/mol. The number of carbonyl (C=O) groups excluding carboxylic acids is 1. The first-order valence-electron chi connectivity index (χ1n) is 10.8. The van der Waals surface area contributed by atoms with Crippen molar-refractivity contribution >= 4 is 40.0 Å². The lowest BCUT2D eigenvalue weighted by atomic mass is 9.98. The first-order chi connectivity index (χ1) is 15.5. The minimum absolute atomic E-state index is 0.0987. The van der Waals surface area contributed by atoms with Crippen LogP contribution < -0.4 is 4.74 Å². The predicted octanol–water partition coefficient (Wildman–Crippen LogP) is 6.98. The minimum Gasteiger partial charge on any atom is -0.488 e. The van der Waals surface area contributed by atoms with Gasteiger partial charge >= 0.3 is 0 Å². The summed E-state index contributed by atoms with van der Waals surface area (Å²) in [6, 6.07) is 25.0. The van der Waals surface area contributed by atoms with E-state index in [-0.39, 0.29) is 11.7 Å². The number of thiocarbonyl (C=S) groups is 1. The van der Waals surface area contributed by atoms with Gasteiger partial charge in [-0.25, -0.2) is 0 Å². The first-order valence-corrected chi connectivity index (χ1v) is 12.1. The van der Waals surface area contributed by atoms with Gasteiger partial charge in [-0.05, 0) is 61.1 Å². The molecular formula is C28H26O2S2. The molecule has 0 N–H and O–H groups in total. The molecule has 4 rings (SSSR count). The second-order valence-corrected chi connectivity index (χ2v) is 9.88.